The third-order valence-corrected chi connectivity index (χ3v) is 3.58. The fourth-order valence-corrected chi connectivity index (χ4v) is 2.38. The Bertz CT molecular complexity index is 788. The van der Waals surface area contributed by atoms with Crippen molar-refractivity contribution in [3.8, 4) is 0 Å². The zero-order valence-corrected chi connectivity index (χ0v) is 12.6. The highest BCUT2D eigenvalue weighted by Gasteiger charge is 2.20. The van der Waals surface area contributed by atoms with Gasteiger partial charge >= 0.3 is 0 Å². The number of anilines is 2. The molecule has 0 fully saturated rings. The predicted molar refractivity (Wildman–Crippen MR) is 92.0 cm³/mol. The largest absolute Gasteiger partial charge is 0.398 e. The highest BCUT2D eigenvalue weighted by atomic mass is 16.2. The summed E-state index contributed by atoms with van der Waals surface area (Å²) in [5.41, 5.74) is 8.65. The van der Waals surface area contributed by atoms with Crippen molar-refractivity contribution in [2.45, 2.75) is 6.54 Å². The Morgan fingerprint density at radius 3 is 2.26 bits per heavy atom. The molecule has 4 heteroatoms. The van der Waals surface area contributed by atoms with E-state index < -0.39 is 0 Å². The maximum absolute atomic E-state index is 13.0. The summed E-state index contributed by atoms with van der Waals surface area (Å²) in [5, 5.41) is 0. The molecule has 0 saturated carbocycles. The standard InChI is InChI=1S/C19H17N3O/c20-18-11-12-21-13-17(18)19(23)22(16-9-5-2-6-10-16)14-15-7-3-1-4-8-15/h1-13H,14H2,(H2,20,21). The fourth-order valence-electron chi connectivity index (χ4n) is 2.38. The van der Waals surface area contributed by atoms with Crippen LogP contribution in [0.3, 0.4) is 0 Å². The molecule has 1 aromatic heterocycles. The van der Waals surface area contributed by atoms with Crippen LogP contribution >= 0.6 is 0 Å². The highest BCUT2D eigenvalue weighted by molar-refractivity contribution is 6.08. The first kappa shape index (κ1) is 14.8. The summed E-state index contributed by atoms with van der Waals surface area (Å²) < 4.78 is 0. The van der Waals surface area contributed by atoms with Crippen molar-refractivity contribution < 1.29 is 4.79 Å². The van der Waals surface area contributed by atoms with Gasteiger partial charge in [-0.1, -0.05) is 48.5 Å². The van der Waals surface area contributed by atoms with E-state index in [1.54, 1.807) is 17.2 Å². The summed E-state index contributed by atoms with van der Waals surface area (Å²) in [6.45, 7) is 0.470. The van der Waals surface area contributed by atoms with Gasteiger partial charge < -0.3 is 10.6 Å². The van der Waals surface area contributed by atoms with Gasteiger partial charge in [-0.05, 0) is 23.8 Å². The Morgan fingerprint density at radius 2 is 1.61 bits per heavy atom. The lowest BCUT2D eigenvalue weighted by Crippen LogP contribution is -2.31. The lowest BCUT2D eigenvalue weighted by molar-refractivity contribution is 0.0985. The minimum Gasteiger partial charge on any atom is -0.398 e. The lowest BCUT2D eigenvalue weighted by atomic mass is 10.1. The number of nitrogens with two attached hydrogens (primary N) is 1. The SMILES string of the molecule is Nc1ccncc1C(=O)N(Cc1ccccc1)c1ccccc1. The summed E-state index contributed by atoms with van der Waals surface area (Å²) in [6.07, 6.45) is 3.09. The van der Waals surface area contributed by atoms with Crippen molar-refractivity contribution in [1.29, 1.82) is 0 Å². The number of benzene rings is 2. The van der Waals surface area contributed by atoms with Crippen LogP contribution in [0.15, 0.2) is 79.1 Å². The molecule has 2 aromatic carbocycles. The van der Waals surface area contributed by atoms with Crippen LogP contribution in [0.5, 0.6) is 0 Å². The van der Waals surface area contributed by atoms with Crippen molar-refractivity contribution in [3.05, 3.63) is 90.3 Å². The number of hydrogen-bond donors (Lipinski definition) is 1. The normalized spacial score (nSPS) is 10.3. The van der Waals surface area contributed by atoms with Gasteiger partial charge in [0.15, 0.2) is 0 Å². The Balaban J connectivity index is 1.98. The second kappa shape index (κ2) is 6.75. The first-order valence-electron chi connectivity index (χ1n) is 7.36. The van der Waals surface area contributed by atoms with Gasteiger partial charge in [-0.25, -0.2) is 0 Å². The molecule has 0 spiro atoms. The Labute approximate surface area is 135 Å². The van der Waals surface area contributed by atoms with Gasteiger partial charge in [0.25, 0.3) is 5.91 Å². The van der Waals surface area contributed by atoms with Crippen LogP contribution in [0.2, 0.25) is 0 Å². The molecule has 114 valence electrons. The van der Waals surface area contributed by atoms with E-state index in [1.807, 2.05) is 60.7 Å². The summed E-state index contributed by atoms with van der Waals surface area (Å²) in [5.74, 6) is -0.161. The van der Waals surface area contributed by atoms with Crippen LogP contribution in [-0.2, 0) is 6.54 Å². The Hall–Kier alpha value is -3.14. The number of rotatable bonds is 4. The molecule has 0 radical (unpaired) electrons. The van der Waals surface area contributed by atoms with Crippen molar-refractivity contribution in [1.82, 2.24) is 4.98 Å². The van der Waals surface area contributed by atoms with Crippen LogP contribution in [0, 0.1) is 0 Å². The van der Waals surface area contributed by atoms with Gasteiger partial charge in [0.2, 0.25) is 0 Å². The molecular weight excluding hydrogens is 286 g/mol. The van der Waals surface area contributed by atoms with E-state index in [1.165, 1.54) is 6.20 Å². The maximum atomic E-state index is 13.0. The smallest absolute Gasteiger partial charge is 0.262 e. The van der Waals surface area contributed by atoms with Gasteiger partial charge in [-0.3, -0.25) is 9.78 Å². The predicted octanol–water partition coefficient (Wildman–Crippen LogP) is 3.51. The van der Waals surface area contributed by atoms with E-state index in [0.29, 0.717) is 17.8 Å². The number of para-hydroxylation sites is 1. The monoisotopic (exact) mass is 303 g/mol. The van der Waals surface area contributed by atoms with Crippen LogP contribution < -0.4 is 10.6 Å². The van der Waals surface area contributed by atoms with E-state index in [9.17, 15) is 4.79 Å². The zero-order chi connectivity index (χ0) is 16.1. The molecule has 1 heterocycles. The summed E-state index contributed by atoms with van der Waals surface area (Å²) >= 11 is 0. The number of amides is 1. The maximum Gasteiger partial charge on any atom is 0.262 e. The van der Waals surface area contributed by atoms with Gasteiger partial charge in [-0.2, -0.15) is 0 Å². The van der Waals surface area contributed by atoms with E-state index in [0.717, 1.165) is 11.3 Å². The van der Waals surface area contributed by atoms with Gasteiger partial charge in [-0.15, -0.1) is 0 Å². The number of carbonyl (C=O) groups excluding carboxylic acids is 1. The first-order chi connectivity index (χ1) is 11.3. The molecule has 23 heavy (non-hydrogen) atoms. The molecule has 0 atom stereocenters. The minimum atomic E-state index is -0.161. The second-order valence-electron chi connectivity index (χ2n) is 5.18. The van der Waals surface area contributed by atoms with Gasteiger partial charge in [0, 0.05) is 23.8 Å². The Morgan fingerprint density at radius 1 is 0.957 bits per heavy atom. The molecule has 2 N–H and O–H groups in total. The molecular formula is C19H17N3O. The molecule has 3 aromatic rings. The van der Waals surface area contributed by atoms with Crippen molar-refractivity contribution >= 4 is 17.3 Å². The quantitative estimate of drug-likeness (QED) is 0.802. The molecule has 4 nitrogen and oxygen atoms in total. The number of nitrogens with zero attached hydrogens (tertiary/aromatic N) is 2. The lowest BCUT2D eigenvalue weighted by Gasteiger charge is -2.23. The molecule has 0 saturated heterocycles. The van der Waals surface area contributed by atoms with E-state index in [-0.39, 0.29) is 5.91 Å². The van der Waals surface area contributed by atoms with Crippen LogP contribution in [0.1, 0.15) is 15.9 Å². The second-order valence-corrected chi connectivity index (χ2v) is 5.18. The van der Waals surface area contributed by atoms with E-state index >= 15 is 0 Å². The first-order valence-corrected chi connectivity index (χ1v) is 7.36. The van der Waals surface area contributed by atoms with E-state index in [2.05, 4.69) is 4.98 Å². The van der Waals surface area contributed by atoms with Crippen molar-refractivity contribution in [3.63, 3.8) is 0 Å². The molecule has 1 amide bonds. The van der Waals surface area contributed by atoms with Crippen molar-refractivity contribution in [2.24, 2.45) is 0 Å². The third-order valence-electron chi connectivity index (χ3n) is 3.58. The Kier molecular flexibility index (Phi) is 4.34. The topological polar surface area (TPSA) is 59.2 Å². The van der Waals surface area contributed by atoms with Crippen molar-refractivity contribution in [2.75, 3.05) is 10.6 Å². The molecule has 0 unspecified atom stereocenters. The summed E-state index contributed by atoms with van der Waals surface area (Å²) in [4.78, 5) is 18.7. The van der Waals surface area contributed by atoms with Gasteiger partial charge in [0.05, 0.1) is 12.1 Å². The van der Waals surface area contributed by atoms with Crippen LogP contribution in [-0.4, -0.2) is 10.9 Å². The fraction of sp³-hybridized carbons (Fsp3) is 0.0526. The molecule has 0 aliphatic heterocycles. The summed E-state index contributed by atoms with van der Waals surface area (Å²) in [6, 6.07) is 21.1. The van der Waals surface area contributed by atoms with Gasteiger partial charge in [0.1, 0.15) is 0 Å². The highest BCUT2D eigenvalue weighted by Crippen LogP contribution is 2.21. The van der Waals surface area contributed by atoms with E-state index in [4.69, 9.17) is 5.73 Å². The number of aromatic nitrogens is 1. The number of nitrogen functional groups attached to an aromatic ring is 1. The van der Waals surface area contributed by atoms with Crippen LogP contribution in [0.4, 0.5) is 11.4 Å². The average Bonchev–Trinajstić information content (AvgIpc) is 2.61. The average molecular weight is 303 g/mol. The zero-order valence-electron chi connectivity index (χ0n) is 12.6. The molecule has 0 aliphatic rings. The molecule has 0 bridgehead atoms. The third kappa shape index (κ3) is 3.37. The molecule has 0 aliphatic carbocycles. The molecule has 3 rings (SSSR count). The number of pyridine rings is 1. The number of hydrogen-bond acceptors (Lipinski definition) is 3. The minimum absolute atomic E-state index is 0.161. The number of carbonyl (C=O) groups is 1. The van der Waals surface area contributed by atoms with Crippen LogP contribution in [0.25, 0.3) is 0 Å². The summed E-state index contributed by atoms with van der Waals surface area (Å²) in [7, 11) is 0.